The lowest BCUT2D eigenvalue weighted by molar-refractivity contribution is 0.101. The van der Waals surface area contributed by atoms with Gasteiger partial charge < -0.3 is 11.1 Å². The van der Waals surface area contributed by atoms with Crippen molar-refractivity contribution in [3.05, 3.63) is 65.2 Å². The summed E-state index contributed by atoms with van der Waals surface area (Å²) in [5.74, 6) is -0.227. The van der Waals surface area contributed by atoms with Crippen molar-refractivity contribution in [2.24, 2.45) is 5.73 Å². The standard InChI is InChI=1S/C17H18N2O2/c1-12(20)14-6-4-7-15(11-14)19-17(21)16-8-3-2-5-13(16)9-10-18/h2-8,11H,9-10,18H2,1H3,(H,19,21). The molecule has 1 amide bonds. The third-order valence-corrected chi connectivity index (χ3v) is 3.20. The minimum absolute atomic E-state index is 0.0327. The van der Waals surface area contributed by atoms with Crippen LogP contribution in [0.5, 0.6) is 0 Å². The monoisotopic (exact) mass is 282 g/mol. The summed E-state index contributed by atoms with van der Waals surface area (Å²) in [5.41, 5.74) is 8.27. The van der Waals surface area contributed by atoms with Crippen molar-refractivity contribution in [3.63, 3.8) is 0 Å². The number of amides is 1. The first-order valence-corrected chi connectivity index (χ1v) is 6.82. The largest absolute Gasteiger partial charge is 0.330 e. The Kier molecular flexibility index (Phi) is 4.85. The second-order valence-corrected chi connectivity index (χ2v) is 4.79. The topological polar surface area (TPSA) is 72.2 Å². The molecule has 21 heavy (non-hydrogen) atoms. The van der Waals surface area contributed by atoms with Gasteiger partial charge in [0.15, 0.2) is 5.78 Å². The normalized spacial score (nSPS) is 10.2. The van der Waals surface area contributed by atoms with Gasteiger partial charge in [0.25, 0.3) is 5.91 Å². The van der Waals surface area contributed by atoms with Crippen molar-refractivity contribution in [1.82, 2.24) is 0 Å². The summed E-state index contributed by atoms with van der Waals surface area (Å²) in [5, 5.41) is 2.82. The number of rotatable bonds is 5. The molecule has 2 rings (SSSR count). The number of hydrogen-bond donors (Lipinski definition) is 2. The number of anilines is 1. The van der Waals surface area contributed by atoms with Crippen LogP contribution in [0, 0.1) is 0 Å². The summed E-state index contributed by atoms with van der Waals surface area (Å²) in [4.78, 5) is 23.7. The minimum atomic E-state index is -0.195. The summed E-state index contributed by atoms with van der Waals surface area (Å²) >= 11 is 0. The highest BCUT2D eigenvalue weighted by Gasteiger charge is 2.11. The number of nitrogens with one attached hydrogen (secondary N) is 1. The number of hydrogen-bond acceptors (Lipinski definition) is 3. The van der Waals surface area contributed by atoms with E-state index in [1.54, 1.807) is 30.3 Å². The van der Waals surface area contributed by atoms with Crippen molar-refractivity contribution >= 4 is 17.4 Å². The Morgan fingerprint density at radius 2 is 1.86 bits per heavy atom. The molecule has 0 fully saturated rings. The van der Waals surface area contributed by atoms with E-state index in [2.05, 4.69) is 5.32 Å². The van der Waals surface area contributed by atoms with E-state index >= 15 is 0 Å². The number of nitrogens with two attached hydrogens (primary N) is 1. The minimum Gasteiger partial charge on any atom is -0.330 e. The first-order chi connectivity index (χ1) is 10.1. The number of benzene rings is 2. The van der Waals surface area contributed by atoms with Gasteiger partial charge in [-0.05, 0) is 43.7 Å². The SMILES string of the molecule is CC(=O)c1cccc(NC(=O)c2ccccc2CCN)c1. The third kappa shape index (κ3) is 3.77. The molecule has 0 radical (unpaired) electrons. The highest BCUT2D eigenvalue weighted by molar-refractivity contribution is 6.06. The molecule has 0 heterocycles. The van der Waals surface area contributed by atoms with Crippen LogP contribution >= 0.6 is 0 Å². The Bertz CT molecular complexity index is 665. The van der Waals surface area contributed by atoms with Crippen molar-refractivity contribution in [2.75, 3.05) is 11.9 Å². The van der Waals surface area contributed by atoms with Gasteiger partial charge in [0.2, 0.25) is 0 Å². The zero-order chi connectivity index (χ0) is 15.2. The zero-order valence-corrected chi connectivity index (χ0v) is 11.9. The third-order valence-electron chi connectivity index (χ3n) is 3.20. The summed E-state index contributed by atoms with van der Waals surface area (Å²) in [7, 11) is 0. The van der Waals surface area contributed by atoms with E-state index in [9.17, 15) is 9.59 Å². The Hall–Kier alpha value is -2.46. The number of carbonyl (C=O) groups excluding carboxylic acids is 2. The molecule has 0 aliphatic carbocycles. The summed E-state index contributed by atoms with van der Waals surface area (Å²) < 4.78 is 0. The maximum Gasteiger partial charge on any atom is 0.255 e. The van der Waals surface area contributed by atoms with Crippen molar-refractivity contribution in [3.8, 4) is 0 Å². The lowest BCUT2D eigenvalue weighted by atomic mass is 10.0. The molecule has 0 atom stereocenters. The van der Waals surface area contributed by atoms with Crippen molar-refractivity contribution in [1.29, 1.82) is 0 Å². The van der Waals surface area contributed by atoms with E-state index in [1.165, 1.54) is 6.92 Å². The molecular weight excluding hydrogens is 264 g/mol. The molecular formula is C17H18N2O2. The fraction of sp³-hybridized carbons (Fsp3) is 0.176. The second kappa shape index (κ2) is 6.81. The Morgan fingerprint density at radius 1 is 1.10 bits per heavy atom. The van der Waals surface area contributed by atoms with Crippen LogP contribution < -0.4 is 11.1 Å². The van der Waals surface area contributed by atoms with Gasteiger partial charge in [-0.3, -0.25) is 9.59 Å². The highest BCUT2D eigenvalue weighted by atomic mass is 16.1. The van der Waals surface area contributed by atoms with Crippen LogP contribution in [0.2, 0.25) is 0 Å². The molecule has 0 aliphatic heterocycles. The maximum absolute atomic E-state index is 12.4. The first kappa shape index (κ1) is 14.9. The van der Waals surface area contributed by atoms with Gasteiger partial charge >= 0.3 is 0 Å². The van der Waals surface area contributed by atoms with E-state index in [4.69, 9.17) is 5.73 Å². The lowest BCUT2D eigenvalue weighted by Crippen LogP contribution is -2.16. The Labute approximate surface area is 124 Å². The van der Waals surface area contributed by atoms with Crippen LogP contribution in [0.15, 0.2) is 48.5 Å². The van der Waals surface area contributed by atoms with E-state index < -0.39 is 0 Å². The molecule has 0 unspecified atom stereocenters. The van der Waals surface area contributed by atoms with Gasteiger partial charge in [-0.2, -0.15) is 0 Å². The fourth-order valence-electron chi connectivity index (χ4n) is 2.13. The first-order valence-electron chi connectivity index (χ1n) is 6.82. The predicted octanol–water partition coefficient (Wildman–Crippen LogP) is 2.64. The fourth-order valence-corrected chi connectivity index (χ4v) is 2.13. The predicted molar refractivity (Wildman–Crippen MR) is 83.6 cm³/mol. The zero-order valence-electron chi connectivity index (χ0n) is 11.9. The van der Waals surface area contributed by atoms with Gasteiger partial charge in [-0.1, -0.05) is 30.3 Å². The Morgan fingerprint density at radius 3 is 2.57 bits per heavy atom. The van der Waals surface area contributed by atoms with Crippen LogP contribution in [0.25, 0.3) is 0 Å². The van der Waals surface area contributed by atoms with E-state index in [0.29, 0.717) is 29.8 Å². The number of ketones is 1. The summed E-state index contributed by atoms with van der Waals surface area (Å²) in [6.45, 7) is 1.99. The van der Waals surface area contributed by atoms with Crippen LogP contribution in [0.1, 0.15) is 33.2 Å². The molecule has 0 bridgehead atoms. The number of carbonyl (C=O) groups is 2. The lowest BCUT2D eigenvalue weighted by Gasteiger charge is -2.10. The maximum atomic E-state index is 12.4. The van der Waals surface area contributed by atoms with Crippen molar-refractivity contribution in [2.45, 2.75) is 13.3 Å². The summed E-state index contributed by atoms with van der Waals surface area (Å²) in [6.07, 6.45) is 0.650. The molecule has 0 saturated heterocycles. The average Bonchev–Trinajstić information content (AvgIpc) is 2.48. The molecule has 0 spiro atoms. The quantitative estimate of drug-likeness (QED) is 0.828. The van der Waals surface area contributed by atoms with Gasteiger partial charge in [0.1, 0.15) is 0 Å². The molecule has 4 nitrogen and oxygen atoms in total. The molecule has 0 saturated carbocycles. The van der Waals surface area contributed by atoms with Crippen LogP contribution in [0.3, 0.4) is 0 Å². The molecule has 2 aromatic carbocycles. The molecule has 3 N–H and O–H groups in total. The highest BCUT2D eigenvalue weighted by Crippen LogP contribution is 2.15. The molecule has 2 aromatic rings. The molecule has 0 aliphatic rings. The van der Waals surface area contributed by atoms with Gasteiger partial charge in [0.05, 0.1) is 0 Å². The van der Waals surface area contributed by atoms with Crippen LogP contribution in [-0.2, 0) is 6.42 Å². The molecule has 0 aromatic heterocycles. The molecule has 4 heteroatoms. The van der Waals surface area contributed by atoms with Gasteiger partial charge in [-0.15, -0.1) is 0 Å². The number of Topliss-reactive ketones (excluding diaryl/α,β-unsaturated/α-hetero) is 1. The average molecular weight is 282 g/mol. The smallest absolute Gasteiger partial charge is 0.255 e. The van der Waals surface area contributed by atoms with E-state index in [0.717, 1.165) is 5.56 Å². The molecule has 108 valence electrons. The second-order valence-electron chi connectivity index (χ2n) is 4.79. The van der Waals surface area contributed by atoms with E-state index in [1.807, 2.05) is 18.2 Å². The van der Waals surface area contributed by atoms with Gasteiger partial charge in [-0.25, -0.2) is 0 Å². The van der Waals surface area contributed by atoms with Gasteiger partial charge in [0, 0.05) is 16.8 Å². The van der Waals surface area contributed by atoms with Crippen molar-refractivity contribution < 1.29 is 9.59 Å². The Balaban J connectivity index is 2.22. The summed E-state index contributed by atoms with van der Waals surface area (Å²) in [6, 6.07) is 14.3. The van der Waals surface area contributed by atoms with Crippen LogP contribution in [0.4, 0.5) is 5.69 Å². The van der Waals surface area contributed by atoms with Crippen LogP contribution in [-0.4, -0.2) is 18.2 Å². The van der Waals surface area contributed by atoms with E-state index in [-0.39, 0.29) is 11.7 Å².